The second-order valence-electron chi connectivity index (χ2n) is 6.51. The van der Waals surface area contributed by atoms with Crippen LogP contribution >= 0.6 is 0 Å². The van der Waals surface area contributed by atoms with Gasteiger partial charge in [0.15, 0.2) is 0 Å². The monoisotopic (exact) mass is 254 g/mol. The van der Waals surface area contributed by atoms with Crippen molar-refractivity contribution in [3.63, 3.8) is 0 Å². The first-order valence-corrected chi connectivity index (χ1v) is 7.61. The van der Waals surface area contributed by atoms with E-state index in [-0.39, 0.29) is 0 Å². The topological polar surface area (TPSA) is 24.5 Å². The van der Waals surface area contributed by atoms with Crippen LogP contribution in [-0.4, -0.2) is 50.8 Å². The first kappa shape index (κ1) is 14.3. The third-order valence-electron chi connectivity index (χ3n) is 5.16. The summed E-state index contributed by atoms with van der Waals surface area (Å²) in [6.45, 7) is 10.6. The molecule has 106 valence electrons. The minimum Gasteiger partial charge on any atom is -0.384 e. The van der Waals surface area contributed by atoms with E-state index in [2.05, 4.69) is 24.1 Å². The molecule has 2 heterocycles. The molecule has 2 aliphatic rings. The molecule has 0 aromatic carbocycles. The summed E-state index contributed by atoms with van der Waals surface area (Å²) in [7, 11) is 1.85. The van der Waals surface area contributed by atoms with Crippen molar-refractivity contribution < 1.29 is 4.74 Å². The fourth-order valence-corrected chi connectivity index (χ4v) is 3.69. The average Bonchev–Trinajstić information content (AvgIpc) is 2.36. The van der Waals surface area contributed by atoms with Crippen LogP contribution in [0.1, 0.15) is 39.5 Å². The molecule has 0 spiro atoms. The maximum Gasteiger partial charge on any atom is 0.0531 e. The summed E-state index contributed by atoms with van der Waals surface area (Å²) in [5.74, 6) is 0.847. The SMILES string of the molecule is COCC1(CN2CCCC(C)C2C)CCNCC1. The summed E-state index contributed by atoms with van der Waals surface area (Å²) < 4.78 is 5.53. The second-order valence-corrected chi connectivity index (χ2v) is 6.51. The van der Waals surface area contributed by atoms with E-state index in [0.717, 1.165) is 31.7 Å². The molecule has 0 saturated carbocycles. The summed E-state index contributed by atoms with van der Waals surface area (Å²) in [6, 6.07) is 0.738. The number of nitrogens with one attached hydrogen (secondary N) is 1. The molecule has 1 N–H and O–H groups in total. The predicted octanol–water partition coefficient (Wildman–Crippen LogP) is 2.12. The molecule has 18 heavy (non-hydrogen) atoms. The third kappa shape index (κ3) is 3.25. The van der Waals surface area contributed by atoms with E-state index in [0.29, 0.717) is 5.41 Å². The molecule has 2 rings (SSSR count). The zero-order valence-corrected chi connectivity index (χ0v) is 12.4. The Kier molecular flexibility index (Phi) is 5.05. The van der Waals surface area contributed by atoms with Gasteiger partial charge in [-0.3, -0.25) is 4.90 Å². The lowest BCUT2D eigenvalue weighted by molar-refractivity contribution is -0.00528. The van der Waals surface area contributed by atoms with Crippen molar-refractivity contribution in [3.05, 3.63) is 0 Å². The Morgan fingerprint density at radius 1 is 1.28 bits per heavy atom. The maximum absolute atomic E-state index is 5.53. The molecule has 0 aromatic heterocycles. The van der Waals surface area contributed by atoms with E-state index in [1.54, 1.807) is 0 Å². The van der Waals surface area contributed by atoms with Crippen molar-refractivity contribution in [2.45, 2.75) is 45.6 Å². The summed E-state index contributed by atoms with van der Waals surface area (Å²) in [4.78, 5) is 2.72. The molecule has 0 aromatic rings. The van der Waals surface area contributed by atoms with Gasteiger partial charge in [0, 0.05) is 25.1 Å². The number of piperidine rings is 2. The van der Waals surface area contributed by atoms with Crippen LogP contribution in [0, 0.1) is 11.3 Å². The number of methoxy groups -OCH3 is 1. The molecule has 2 unspecified atom stereocenters. The minimum atomic E-state index is 0.394. The number of rotatable bonds is 4. The highest BCUT2D eigenvalue weighted by Crippen LogP contribution is 2.33. The van der Waals surface area contributed by atoms with Crippen molar-refractivity contribution in [2.75, 3.05) is 39.9 Å². The van der Waals surface area contributed by atoms with Crippen LogP contribution in [-0.2, 0) is 4.74 Å². The second kappa shape index (κ2) is 6.36. The van der Waals surface area contributed by atoms with Gasteiger partial charge in [-0.15, -0.1) is 0 Å². The highest BCUT2D eigenvalue weighted by molar-refractivity contribution is 4.90. The minimum absolute atomic E-state index is 0.394. The summed E-state index contributed by atoms with van der Waals surface area (Å²) >= 11 is 0. The third-order valence-corrected chi connectivity index (χ3v) is 5.16. The van der Waals surface area contributed by atoms with Gasteiger partial charge in [-0.1, -0.05) is 6.92 Å². The Morgan fingerprint density at radius 3 is 2.67 bits per heavy atom. The largest absolute Gasteiger partial charge is 0.384 e. The van der Waals surface area contributed by atoms with Crippen LogP contribution in [0.4, 0.5) is 0 Å². The predicted molar refractivity (Wildman–Crippen MR) is 75.8 cm³/mol. The van der Waals surface area contributed by atoms with Crippen molar-refractivity contribution >= 4 is 0 Å². The standard InChI is InChI=1S/C15H30N2O/c1-13-5-4-10-17(14(13)2)11-15(12-18-3)6-8-16-9-7-15/h13-14,16H,4-12H2,1-3H3. The quantitative estimate of drug-likeness (QED) is 0.832. The molecule has 0 amide bonds. The van der Waals surface area contributed by atoms with Crippen LogP contribution in [0.15, 0.2) is 0 Å². The summed E-state index contributed by atoms with van der Waals surface area (Å²) in [6.07, 6.45) is 5.29. The Labute approximate surface area is 112 Å². The van der Waals surface area contributed by atoms with Gasteiger partial charge in [0.1, 0.15) is 0 Å². The van der Waals surface area contributed by atoms with Crippen molar-refractivity contribution in [1.29, 1.82) is 0 Å². The Hall–Kier alpha value is -0.120. The van der Waals surface area contributed by atoms with Crippen LogP contribution in [0.5, 0.6) is 0 Å². The smallest absolute Gasteiger partial charge is 0.0531 e. The van der Waals surface area contributed by atoms with Gasteiger partial charge >= 0.3 is 0 Å². The normalized spacial score (nSPS) is 33.5. The molecule has 0 aliphatic carbocycles. The van der Waals surface area contributed by atoms with Crippen molar-refractivity contribution in [3.8, 4) is 0 Å². The molecular formula is C15H30N2O. The van der Waals surface area contributed by atoms with Crippen molar-refractivity contribution in [1.82, 2.24) is 10.2 Å². The number of hydrogen-bond donors (Lipinski definition) is 1. The Balaban J connectivity index is 1.99. The number of hydrogen-bond acceptors (Lipinski definition) is 3. The van der Waals surface area contributed by atoms with Gasteiger partial charge in [-0.05, 0) is 58.2 Å². The van der Waals surface area contributed by atoms with Gasteiger partial charge in [-0.25, -0.2) is 0 Å². The van der Waals surface area contributed by atoms with E-state index in [4.69, 9.17) is 4.74 Å². The molecule has 2 fully saturated rings. The molecule has 3 nitrogen and oxygen atoms in total. The van der Waals surface area contributed by atoms with Gasteiger partial charge < -0.3 is 10.1 Å². The molecule has 3 heteroatoms. The lowest BCUT2D eigenvalue weighted by Gasteiger charge is -2.46. The first-order valence-electron chi connectivity index (χ1n) is 7.61. The molecule has 2 atom stereocenters. The summed E-state index contributed by atoms with van der Waals surface area (Å²) in [5.41, 5.74) is 0.394. The number of ether oxygens (including phenoxy) is 1. The van der Waals surface area contributed by atoms with E-state index in [1.165, 1.54) is 38.8 Å². The van der Waals surface area contributed by atoms with E-state index in [1.807, 2.05) is 7.11 Å². The van der Waals surface area contributed by atoms with Crippen LogP contribution in [0.2, 0.25) is 0 Å². The van der Waals surface area contributed by atoms with E-state index >= 15 is 0 Å². The van der Waals surface area contributed by atoms with E-state index < -0.39 is 0 Å². The fraction of sp³-hybridized carbons (Fsp3) is 1.00. The highest BCUT2D eigenvalue weighted by Gasteiger charge is 2.36. The molecular weight excluding hydrogens is 224 g/mol. The summed E-state index contributed by atoms with van der Waals surface area (Å²) in [5, 5.41) is 3.48. The molecule has 2 saturated heterocycles. The zero-order valence-electron chi connectivity index (χ0n) is 12.4. The van der Waals surface area contributed by atoms with Crippen LogP contribution in [0.3, 0.4) is 0 Å². The van der Waals surface area contributed by atoms with Crippen molar-refractivity contribution in [2.24, 2.45) is 11.3 Å². The highest BCUT2D eigenvalue weighted by atomic mass is 16.5. The first-order chi connectivity index (χ1) is 8.67. The van der Waals surface area contributed by atoms with E-state index in [9.17, 15) is 0 Å². The zero-order chi connectivity index (χ0) is 13.0. The average molecular weight is 254 g/mol. The molecule has 2 aliphatic heterocycles. The van der Waals surface area contributed by atoms with Crippen LogP contribution < -0.4 is 5.32 Å². The van der Waals surface area contributed by atoms with Crippen LogP contribution in [0.25, 0.3) is 0 Å². The Bertz CT molecular complexity index is 245. The maximum atomic E-state index is 5.53. The van der Waals surface area contributed by atoms with Gasteiger partial charge in [0.25, 0.3) is 0 Å². The number of nitrogens with zero attached hydrogens (tertiary/aromatic N) is 1. The lowest BCUT2D eigenvalue weighted by atomic mass is 9.78. The molecule has 0 radical (unpaired) electrons. The number of likely N-dealkylation sites (tertiary alicyclic amines) is 1. The Morgan fingerprint density at radius 2 is 2.00 bits per heavy atom. The van der Waals surface area contributed by atoms with Gasteiger partial charge in [0.2, 0.25) is 0 Å². The lowest BCUT2D eigenvalue weighted by Crippen LogP contribution is -2.52. The fourth-order valence-electron chi connectivity index (χ4n) is 3.69. The van der Waals surface area contributed by atoms with Gasteiger partial charge in [0.05, 0.1) is 6.61 Å². The molecule has 0 bridgehead atoms. The van der Waals surface area contributed by atoms with Gasteiger partial charge in [-0.2, -0.15) is 0 Å².